The molecule has 2 aromatic rings. The van der Waals surface area contributed by atoms with E-state index in [-0.39, 0.29) is 11.8 Å². The fourth-order valence-corrected chi connectivity index (χ4v) is 4.45. The summed E-state index contributed by atoms with van der Waals surface area (Å²) in [5.41, 5.74) is 1.14. The molecule has 22 heavy (non-hydrogen) atoms. The van der Waals surface area contributed by atoms with Crippen molar-refractivity contribution in [2.75, 3.05) is 27.2 Å². The highest BCUT2D eigenvalue weighted by molar-refractivity contribution is 7.20. The molecule has 1 saturated heterocycles. The van der Waals surface area contributed by atoms with Crippen LogP contribution in [0.15, 0.2) is 22.9 Å². The number of nitrogens with zero attached hydrogens (tertiary/aromatic N) is 3. The van der Waals surface area contributed by atoms with Crippen LogP contribution in [0.25, 0.3) is 9.88 Å². The van der Waals surface area contributed by atoms with E-state index in [4.69, 9.17) is 4.98 Å². The number of thiazole rings is 1. The van der Waals surface area contributed by atoms with Gasteiger partial charge in [-0.15, -0.1) is 22.7 Å². The van der Waals surface area contributed by atoms with E-state index in [1.807, 2.05) is 14.1 Å². The molecule has 1 aliphatic rings. The summed E-state index contributed by atoms with van der Waals surface area (Å²) in [5, 5.41) is 5.36. The number of hydrogen-bond donors (Lipinski definition) is 0. The Bertz CT molecular complexity index is 613. The van der Waals surface area contributed by atoms with E-state index < -0.39 is 0 Å². The van der Waals surface area contributed by atoms with Gasteiger partial charge in [0.15, 0.2) is 0 Å². The van der Waals surface area contributed by atoms with Gasteiger partial charge >= 0.3 is 0 Å². The summed E-state index contributed by atoms with van der Waals surface area (Å²) in [4.78, 5) is 22.1. The van der Waals surface area contributed by atoms with Gasteiger partial charge < -0.3 is 4.90 Å². The molecule has 0 N–H and O–H groups in total. The zero-order valence-electron chi connectivity index (χ0n) is 13.0. The standard InChI is InChI=1S/C16H21N3OS2/c1-18(2)16(20)12-5-7-19(8-6-12)10-13-11-22-15(17-13)14-4-3-9-21-14/h3-4,9,11-12H,5-8,10H2,1-2H3. The van der Waals surface area contributed by atoms with Gasteiger partial charge in [-0.3, -0.25) is 9.69 Å². The molecule has 0 unspecified atom stereocenters. The number of likely N-dealkylation sites (tertiary alicyclic amines) is 1. The van der Waals surface area contributed by atoms with Crippen molar-refractivity contribution in [1.82, 2.24) is 14.8 Å². The maximum absolute atomic E-state index is 12.0. The van der Waals surface area contributed by atoms with Gasteiger partial charge in [0.2, 0.25) is 5.91 Å². The van der Waals surface area contributed by atoms with Crippen molar-refractivity contribution in [3.05, 3.63) is 28.6 Å². The molecule has 0 spiro atoms. The lowest BCUT2D eigenvalue weighted by Crippen LogP contribution is -2.39. The molecule has 0 bridgehead atoms. The minimum absolute atomic E-state index is 0.198. The highest BCUT2D eigenvalue weighted by Gasteiger charge is 2.26. The molecule has 1 aliphatic heterocycles. The van der Waals surface area contributed by atoms with E-state index in [9.17, 15) is 4.79 Å². The van der Waals surface area contributed by atoms with Crippen molar-refractivity contribution in [1.29, 1.82) is 0 Å². The molecule has 1 amide bonds. The van der Waals surface area contributed by atoms with Crippen LogP contribution in [-0.4, -0.2) is 47.9 Å². The number of thiophene rings is 1. The second-order valence-electron chi connectivity index (χ2n) is 5.90. The molecular weight excluding hydrogens is 314 g/mol. The fourth-order valence-electron chi connectivity index (χ4n) is 2.83. The molecule has 0 saturated carbocycles. The fraction of sp³-hybridized carbons (Fsp3) is 0.500. The third-order valence-corrected chi connectivity index (χ3v) is 5.98. The molecule has 0 aliphatic carbocycles. The van der Waals surface area contributed by atoms with Crippen molar-refractivity contribution in [2.24, 2.45) is 5.92 Å². The second kappa shape index (κ2) is 6.89. The normalized spacial score (nSPS) is 16.8. The second-order valence-corrected chi connectivity index (χ2v) is 7.71. The maximum atomic E-state index is 12.0. The zero-order chi connectivity index (χ0) is 15.5. The highest BCUT2D eigenvalue weighted by Crippen LogP contribution is 2.28. The van der Waals surface area contributed by atoms with Crippen molar-refractivity contribution < 1.29 is 4.79 Å². The smallest absolute Gasteiger partial charge is 0.225 e. The number of amides is 1. The first-order valence-electron chi connectivity index (χ1n) is 7.55. The van der Waals surface area contributed by atoms with Gasteiger partial charge in [0.1, 0.15) is 5.01 Å². The van der Waals surface area contributed by atoms with E-state index in [0.717, 1.165) is 43.2 Å². The average Bonchev–Trinajstić information content (AvgIpc) is 3.18. The van der Waals surface area contributed by atoms with Gasteiger partial charge in [-0.25, -0.2) is 4.98 Å². The summed E-state index contributed by atoms with van der Waals surface area (Å²) >= 11 is 3.45. The summed E-state index contributed by atoms with van der Waals surface area (Å²) in [5.74, 6) is 0.469. The van der Waals surface area contributed by atoms with Crippen LogP contribution in [0.2, 0.25) is 0 Å². The number of hydrogen-bond acceptors (Lipinski definition) is 5. The summed E-state index contributed by atoms with van der Waals surface area (Å²) in [6, 6.07) is 4.18. The lowest BCUT2D eigenvalue weighted by atomic mass is 9.95. The van der Waals surface area contributed by atoms with Gasteiger partial charge in [-0.2, -0.15) is 0 Å². The van der Waals surface area contributed by atoms with E-state index >= 15 is 0 Å². The van der Waals surface area contributed by atoms with Gasteiger partial charge in [-0.05, 0) is 37.4 Å². The first kappa shape index (κ1) is 15.6. The molecule has 1 fully saturated rings. The maximum Gasteiger partial charge on any atom is 0.225 e. The largest absolute Gasteiger partial charge is 0.349 e. The summed E-state index contributed by atoms with van der Waals surface area (Å²) in [6.45, 7) is 2.86. The van der Waals surface area contributed by atoms with Crippen molar-refractivity contribution in [3.63, 3.8) is 0 Å². The lowest BCUT2D eigenvalue weighted by molar-refractivity contribution is -0.134. The molecule has 3 rings (SSSR count). The van der Waals surface area contributed by atoms with Crippen molar-refractivity contribution in [3.8, 4) is 9.88 Å². The molecule has 0 radical (unpaired) electrons. The van der Waals surface area contributed by atoms with Crippen LogP contribution in [0.1, 0.15) is 18.5 Å². The van der Waals surface area contributed by atoms with Crippen LogP contribution in [0.5, 0.6) is 0 Å². The molecule has 0 atom stereocenters. The Kier molecular flexibility index (Phi) is 4.90. The predicted octanol–water partition coefficient (Wildman–Crippen LogP) is 3.17. The third-order valence-electron chi connectivity index (χ3n) is 4.05. The first-order valence-corrected chi connectivity index (χ1v) is 9.31. The topological polar surface area (TPSA) is 36.4 Å². The van der Waals surface area contributed by atoms with E-state index in [0.29, 0.717) is 0 Å². The van der Waals surface area contributed by atoms with Crippen molar-refractivity contribution >= 4 is 28.6 Å². The predicted molar refractivity (Wildman–Crippen MR) is 92.1 cm³/mol. The summed E-state index contributed by atoms with van der Waals surface area (Å²) in [6.07, 6.45) is 1.91. The van der Waals surface area contributed by atoms with E-state index in [1.165, 1.54) is 4.88 Å². The van der Waals surface area contributed by atoms with Crippen LogP contribution >= 0.6 is 22.7 Å². The first-order chi connectivity index (χ1) is 10.6. The van der Waals surface area contributed by atoms with Crippen molar-refractivity contribution in [2.45, 2.75) is 19.4 Å². The van der Waals surface area contributed by atoms with Gasteiger partial charge in [0.25, 0.3) is 0 Å². The Balaban J connectivity index is 1.54. The van der Waals surface area contributed by atoms with Crippen LogP contribution in [0.4, 0.5) is 0 Å². The average molecular weight is 335 g/mol. The van der Waals surface area contributed by atoms with Crippen LogP contribution in [0.3, 0.4) is 0 Å². The molecule has 4 nitrogen and oxygen atoms in total. The SMILES string of the molecule is CN(C)C(=O)C1CCN(Cc2csc(-c3cccs3)n2)CC1. The monoisotopic (exact) mass is 335 g/mol. The summed E-state index contributed by atoms with van der Waals surface area (Å²) < 4.78 is 0. The van der Waals surface area contributed by atoms with Gasteiger partial charge in [0.05, 0.1) is 10.6 Å². The number of piperidine rings is 1. The Morgan fingerprint density at radius 3 is 2.77 bits per heavy atom. The minimum atomic E-state index is 0.198. The Labute approximate surface area is 139 Å². The Morgan fingerprint density at radius 1 is 1.36 bits per heavy atom. The number of carbonyl (C=O) groups is 1. The summed E-state index contributed by atoms with van der Waals surface area (Å²) in [7, 11) is 3.69. The molecule has 2 aromatic heterocycles. The number of carbonyl (C=O) groups excluding carboxylic acids is 1. The van der Waals surface area contributed by atoms with E-state index in [2.05, 4.69) is 27.8 Å². The molecule has 0 aromatic carbocycles. The molecule has 118 valence electrons. The molecular formula is C16H21N3OS2. The lowest BCUT2D eigenvalue weighted by Gasteiger charge is -2.31. The Hall–Kier alpha value is -1.24. The number of rotatable bonds is 4. The third kappa shape index (κ3) is 3.56. The van der Waals surface area contributed by atoms with Crippen LogP contribution in [0, 0.1) is 5.92 Å². The zero-order valence-corrected chi connectivity index (χ0v) is 14.6. The molecule has 6 heteroatoms. The van der Waals surface area contributed by atoms with Crippen LogP contribution in [-0.2, 0) is 11.3 Å². The highest BCUT2D eigenvalue weighted by atomic mass is 32.1. The minimum Gasteiger partial charge on any atom is -0.349 e. The van der Waals surface area contributed by atoms with Gasteiger partial charge in [0, 0.05) is 31.9 Å². The van der Waals surface area contributed by atoms with Gasteiger partial charge in [-0.1, -0.05) is 6.07 Å². The van der Waals surface area contributed by atoms with E-state index in [1.54, 1.807) is 27.6 Å². The Morgan fingerprint density at radius 2 is 2.14 bits per heavy atom. The molecule has 3 heterocycles. The number of aromatic nitrogens is 1. The van der Waals surface area contributed by atoms with Crippen LogP contribution < -0.4 is 0 Å². The quantitative estimate of drug-likeness (QED) is 0.861.